The van der Waals surface area contributed by atoms with Gasteiger partial charge in [-0.15, -0.1) is 6.58 Å². The molecule has 0 amide bonds. The fraction of sp³-hybridized carbons (Fsp3) is 0.0938. The number of allylic oxidation sites excluding steroid dienone is 1. The first-order chi connectivity index (χ1) is 17.9. The van der Waals surface area contributed by atoms with Crippen LogP contribution in [0.4, 0.5) is 0 Å². The van der Waals surface area contributed by atoms with E-state index in [4.69, 9.17) is 9.47 Å². The zero-order valence-electron chi connectivity index (χ0n) is 20.5. The second-order valence-electron chi connectivity index (χ2n) is 8.54. The molecule has 0 unspecified atom stereocenters. The number of esters is 2. The van der Waals surface area contributed by atoms with E-state index in [1.807, 2.05) is 24.3 Å². The maximum absolute atomic E-state index is 12.8. The first-order valence-corrected chi connectivity index (χ1v) is 11.9. The second kappa shape index (κ2) is 11.8. The third-order valence-corrected chi connectivity index (χ3v) is 5.66. The Balaban J connectivity index is 1.71. The molecule has 0 saturated heterocycles. The molecule has 0 bridgehead atoms. The van der Waals surface area contributed by atoms with E-state index >= 15 is 0 Å². The van der Waals surface area contributed by atoms with Crippen LogP contribution in [-0.4, -0.2) is 17.7 Å². The van der Waals surface area contributed by atoms with E-state index in [-0.39, 0.29) is 12.2 Å². The first kappa shape index (κ1) is 25.3. The Bertz CT molecular complexity index is 1440. The van der Waals surface area contributed by atoms with Crippen LogP contribution in [0.15, 0.2) is 110 Å². The number of Topliss-reactive ketones (excluding diaryl/α,β-unsaturated/α-hetero) is 1. The van der Waals surface area contributed by atoms with E-state index in [1.54, 1.807) is 78.9 Å². The van der Waals surface area contributed by atoms with Crippen molar-refractivity contribution in [3.05, 3.63) is 132 Å². The zero-order chi connectivity index (χ0) is 26.2. The van der Waals surface area contributed by atoms with Gasteiger partial charge in [0, 0.05) is 12.0 Å². The molecule has 4 aromatic carbocycles. The molecule has 0 fully saturated rings. The Morgan fingerprint density at radius 1 is 0.730 bits per heavy atom. The molecule has 0 atom stereocenters. The van der Waals surface area contributed by atoms with Gasteiger partial charge in [-0.05, 0) is 78.6 Å². The van der Waals surface area contributed by atoms with Gasteiger partial charge in [0.25, 0.3) is 0 Å². The zero-order valence-corrected chi connectivity index (χ0v) is 20.5. The maximum Gasteiger partial charge on any atom is 0.343 e. The summed E-state index contributed by atoms with van der Waals surface area (Å²) in [6.07, 6.45) is 2.44. The highest BCUT2D eigenvalue weighted by atomic mass is 16.5. The largest absolute Gasteiger partial charge is 0.423 e. The van der Waals surface area contributed by atoms with Crippen molar-refractivity contribution in [2.45, 2.75) is 19.8 Å². The van der Waals surface area contributed by atoms with E-state index in [9.17, 15) is 14.4 Å². The predicted molar refractivity (Wildman–Crippen MR) is 143 cm³/mol. The van der Waals surface area contributed by atoms with Crippen LogP contribution in [0.2, 0.25) is 0 Å². The number of rotatable bonds is 9. The van der Waals surface area contributed by atoms with E-state index in [0.29, 0.717) is 34.6 Å². The summed E-state index contributed by atoms with van der Waals surface area (Å²) in [5.74, 6) is -0.143. The highest BCUT2D eigenvalue weighted by Crippen LogP contribution is 2.35. The van der Waals surface area contributed by atoms with Crippen LogP contribution in [-0.2, 0) is 17.6 Å². The number of carbonyl (C=O) groups excluding carboxylic acids is 3. The van der Waals surface area contributed by atoms with Crippen molar-refractivity contribution in [2.75, 3.05) is 0 Å². The van der Waals surface area contributed by atoms with Gasteiger partial charge in [0.15, 0.2) is 0 Å². The molecule has 0 heterocycles. The lowest BCUT2D eigenvalue weighted by molar-refractivity contribution is -0.116. The van der Waals surface area contributed by atoms with Gasteiger partial charge >= 0.3 is 11.9 Å². The van der Waals surface area contributed by atoms with Crippen LogP contribution in [0.25, 0.3) is 11.1 Å². The fourth-order valence-electron chi connectivity index (χ4n) is 3.92. The summed E-state index contributed by atoms with van der Waals surface area (Å²) < 4.78 is 11.5. The monoisotopic (exact) mass is 490 g/mol. The Morgan fingerprint density at radius 2 is 1.30 bits per heavy atom. The minimum absolute atomic E-state index is 0.0236. The number of hydrogen-bond donors (Lipinski definition) is 0. The summed E-state index contributed by atoms with van der Waals surface area (Å²) in [6, 6.07) is 28.2. The molecule has 0 spiro atoms. The van der Waals surface area contributed by atoms with Crippen molar-refractivity contribution in [3.8, 4) is 22.6 Å². The van der Waals surface area contributed by atoms with Crippen LogP contribution < -0.4 is 9.47 Å². The second-order valence-corrected chi connectivity index (χ2v) is 8.54. The van der Waals surface area contributed by atoms with Crippen molar-refractivity contribution in [1.82, 2.24) is 0 Å². The summed E-state index contributed by atoms with van der Waals surface area (Å²) in [7, 11) is 0. The molecule has 0 aliphatic rings. The van der Waals surface area contributed by atoms with E-state index in [0.717, 1.165) is 16.7 Å². The van der Waals surface area contributed by atoms with Crippen molar-refractivity contribution in [2.24, 2.45) is 0 Å². The Hall–Kier alpha value is -4.77. The summed E-state index contributed by atoms with van der Waals surface area (Å²) >= 11 is 0. The lowest BCUT2D eigenvalue weighted by Gasteiger charge is -2.15. The number of ketones is 1. The Labute approximate surface area is 216 Å². The summed E-state index contributed by atoms with van der Waals surface area (Å²) in [6.45, 7) is 5.36. The van der Waals surface area contributed by atoms with Gasteiger partial charge < -0.3 is 9.47 Å². The van der Waals surface area contributed by atoms with E-state index in [1.165, 1.54) is 6.92 Å². The molecule has 0 saturated carbocycles. The molecule has 0 aromatic heterocycles. The molecule has 5 nitrogen and oxygen atoms in total. The van der Waals surface area contributed by atoms with Crippen LogP contribution in [0, 0.1) is 0 Å². The van der Waals surface area contributed by atoms with Gasteiger partial charge in [0.2, 0.25) is 0 Å². The van der Waals surface area contributed by atoms with Gasteiger partial charge in [-0.1, -0.05) is 54.6 Å². The normalized spacial score (nSPS) is 10.4. The third-order valence-electron chi connectivity index (χ3n) is 5.66. The molecular formula is C32H26O5. The minimum Gasteiger partial charge on any atom is -0.423 e. The number of carbonyl (C=O) groups is 3. The molecule has 4 aromatic rings. The van der Waals surface area contributed by atoms with Crippen molar-refractivity contribution in [1.29, 1.82) is 0 Å². The molecule has 0 N–H and O–H groups in total. The van der Waals surface area contributed by atoms with Gasteiger partial charge in [-0.3, -0.25) is 4.79 Å². The van der Waals surface area contributed by atoms with Crippen molar-refractivity contribution >= 4 is 17.7 Å². The SMILES string of the molecule is C=CCc1cc(-c2cc(CC(C)=O)ccc2OC(=O)c2ccccc2)ccc1OC(=O)c1ccccc1. The Kier molecular flexibility index (Phi) is 8.06. The average molecular weight is 491 g/mol. The fourth-order valence-corrected chi connectivity index (χ4v) is 3.92. The molecule has 4 rings (SSSR count). The van der Waals surface area contributed by atoms with Crippen LogP contribution in [0.3, 0.4) is 0 Å². The quantitative estimate of drug-likeness (QED) is 0.149. The molecule has 0 aliphatic heterocycles. The minimum atomic E-state index is -0.485. The molecule has 0 aliphatic carbocycles. The maximum atomic E-state index is 12.8. The van der Waals surface area contributed by atoms with Gasteiger partial charge in [-0.25, -0.2) is 9.59 Å². The highest BCUT2D eigenvalue weighted by molar-refractivity contribution is 5.93. The number of benzene rings is 4. The van der Waals surface area contributed by atoms with E-state index in [2.05, 4.69) is 6.58 Å². The molecule has 37 heavy (non-hydrogen) atoms. The van der Waals surface area contributed by atoms with Gasteiger partial charge in [0.1, 0.15) is 17.3 Å². The predicted octanol–water partition coefficient (Wildman–Crippen LogP) is 6.65. The summed E-state index contributed by atoms with van der Waals surface area (Å²) in [4.78, 5) is 37.2. The number of ether oxygens (including phenoxy) is 2. The Morgan fingerprint density at radius 3 is 1.86 bits per heavy atom. The van der Waals surface area contributed by atoms with Crippen LogP contribution in [0.5, 0.6) is 11.5 Å². The summed E-state index contributed by atoms with van der Waals surface area (Å²) in [5, 5.41) is 0. The molecule has 0 radical (unpaired) electrons. The third kappa shape index (κ3) is 6.47. The van der Waals surface area contributed by atoms with Gasteiger partial charge in [0.05, 0.1) is 11.1 Å². The smallest absolute Gasteiger partial charge is 0.343 e. The summed E-state index contributed by atoms with van der Waals surface area (Å²) in [5.41, 5.74) is 3.81. The average Bonchev–Trinajstić information content (AvgIpc) is 2.91. The highest BCUT2D eigenvalue weighted by Gasteiger charge is 2.17. The number of hydrogen-bond acceptors (Lipinski definition) is 5. The van der Waals surface area contributed by atoms with Crippen molar-refractivity contribution < 1.29 is 23.9 Å². The first-order valence-electron chi connectivity index (χ1n) is 11.9. The molecule has 184 valence electrons. The van der Waals surface area contributed by atoms with E-state index < -0.39 is 11.9 Å². The van der Waals surface area contributed by atoms with Crippen LogP contribution in [0.1, 0.15) is 38.8 Å². The lowest BCUT2D eigenvalue weighted by Crippen LogP contribution is -2.10. The van der Waals surface area contributed by atoms with Crippen LogP contribution >= 0.6 is 0 Å². The molecule has 5 heteroatoms. The molecular weight excluding hydrogens is 464 g/mol. The van der Waals surface area contributed by atoms with Crippen molar-refractivity contribution in [3.63, 3.8) is 0 Å². The standard InChI is InChI=1S/C32H26O5/c1-3-10-27-21-26(16-18-29(27)36-31(34)24-11-6-4-7-12-24)28-20-23(19-22(2)33)15-17-30(28)37-32(35)25-13-8-5-9-14-25/h3-9,11-18,20-21H,1,10,19H2,2H3. The topological polar surface area (TPSA) is 69.7 Å². The lowest BCUT2D eigenvalue weighted by atomic mass is 9.97. The van der Waals surface area contributed by atoms with Gasteiger partial charge in [-0.2, -0.15) is 0 Å².